The van der Waals surface area contributed by atoms with Gasteiger partial charge in [0.05, 0.1) is 11.7 Å². The second-order valence-corrected chi connectivity index (χ2v) is 7.32. The Kier molecular flexibility index (Phi) is 4.68. The van der Waals surface area contributed by atoms with E-state index in [1.807, 2.05) is 0 Å². The second-order valence-electron chi connectivity index (χ2n) is 7.32. The van der Waals surface area contributed by atoms with Gasteiger partial charge in [0.25, 0.3) is 0 Å². The van der Waals surface area contributed by atoms with Crippen molar-refractivity contribution in [3.05, 3.63) is 0 Å². The van der Waals surface area contributed by atoms with Crippen LogP contribution in [-0.2, 0) is 4.74 Å². The lowest BCUT2D eigenvalue weighted by atomic mass is 9.98. The Morgan fingerprint density at radius 3 is 2.75 bits per heavy atom. The molecule has 2 heterocycles. The maximum Gasteiger partial charge on any atom is 0.0710 e. The summed E-state index contributed by atoms with van der Waals surface area (Å²) in [6.07, 6.45) is 11.0. The molecule has 116 valence electrons. The standard InChI is InChI=1S/C17H32N2O/c1-3-15-12-19(14(2)7-11-18-15)13-16-6-10-17(20-16)8-4-5-9-17/h14-16,18H,3-13H2,1-2H3. The minimum absolute atomic E-state index is 0.294. The Morgan fingerprint density at radius 2 is 2.00 bits per heavy atom. The summed E-state index contributed by atoms with van der Waals surface area (Å²) in [4.78, 5) is 2.69. The van der Waals surface area contributed by atoms with Crippen molar-refractivity contribution < 1.29 is 4.74 Å². The first kappa shape index (κ1) is 14.8. The topological polar surface area (TPSA) is 24.5 Å². The SMILES string of the molecule is CCC1CN(CC2CCC3(CCCC3)O2)C(C)CCN1. The van der Waals surface area contributed by atoms with Crippen molar-refractivity contribution in [2.75, 3.05) is 19.6 Å². The molecule has 2 saturated heterocycles. The van der Waals surface area contributed by atoms with Crippen molar-refractivity contribution in [2.24, 2.45) is 0 Å². The van der Waals surface area contributed by atoms with Gasteiger partial charge in [0.2, 0.25) is 0 Å². The highest BCUT2D eigenvalue weighted by Gasteiger charge is 2.42. The summed E-state index contributed by atoms with van der Waals surface area (Å²) < 4.78 is 6.51. The summed E-state index contributed by atoms with van der Waals surface area (Å²) in [7, 11) is 0. The summed E-state index contributed by atoms with van der Waals surface area (Å²) in [6, 6.07) is 1.37. The van der Waals surface area contributed by atoms with Crippen LogP contribution in [0.3, 0.4) is 0 Å². The molecule has 0 aromatic rings. The second kappa shape index (κ2) is 6.33. The third-order valence-corrected chi connectivity index (χ3v) is 5.86. The quantitative estimate of drug-likeness (QED) is 0.860. The van der Waals surface area contributed by atoms with E-state index in [9.17, 15) is 0 Å². The van der Waals surface area contributed by atoms with Gasteiger partial charge in [-0.15, -0.1) is 0 Å². The lowest BCUT2D eigenvalue weighted by Gasteiger charge is -2.32. The average molecular weight is 280 g/mol. The summed E-state index contributed by atoms with van der Waals surface area (Å²) in [5, 5.41) is 3.68. The Morgan fingerprint density at radius 1 is 1.20 bits per heavy atom. The fourth-order valence-corrected chi connectivity index (χ4v) is 4.41. The fourth-order valence-electron chi connectivity index (χ4n) is 4.41. The zero-order valence-corrected chi connectivity index (χ0v) is 13.4. The summed E-state index contributed by atoms with van der Waals surface area (Å²) >= 11 is 0. The summed E-state index contributed by atoms with van der Waals surface area (Å²) in [5.41, 5.74) is 0.294. The van der Waals surface area contributed by atoms with Crippen molar-refractivity contribution in [1.82, 2.24) is 10.2 Å². The minimum atomic E-state index is 0.294. The monoisotopic (exact) mass is 280 g/mol. The van der Waals surface area contributed by atoms with E-state index in [1.54, 1.807) is 0 Å². The molecule has 3 aliphatic rings. The molecule has 1 aliphatic carbocycles. The molecule has 1 spiro atoms. The van der Waals surface area contributed by atoms with Gasteiger partial charge in [-0.3, -0.25) is 4.90 Å². The van der Waals surface area contributed by atoms with E-state index in [1.165, 1.54) is 64.5 Å². The molecule has 0 bridgehead atoms. The van der Waals surface area contributed by atoms with Gasteiger partial charge in [-0.25, -0.2) is 0 Å². The van der Waals surface area contributed by atoms with Crippen molar-refractivity contribution >= 4 is 0 Å². The van der Waals surface area contributed by atoms with Gasteiger partial charge in [0.15, 0.2) is 0 Å². The molecule has 3 rings (SSSR count). The number of ether oxygens (including phenoxy) is 1. The zero-order chi connectivity index (χ0) is 14.0. The van der Waals surface area contributed by atoms with E-state index >= 15 is 0 Å². The molecule has 20 heavy (non-hydrogen) atoms. The normalized spacial score (nSPS) is 38.4. The van der Waals surface area contributed by atoms with E-state index in [0.29, 0.717) is 23.8 Å². The van der Waals surface area contributed by atoms with Crippen molar-refractivity contribution in [3.63, 3.8) is 0 Å². The van der Waals surface area contributed by atoms with Gasteiger partial charge >= 0.3 is 0 Å². The molecule has 2 aliphatic heterocycles. The fraction of sp³-hybridized carbons (Fsp3) is 1.00. The summed E-state index contributed by atoms with van der Waals surface area (Å²) in [5.74, 6) is 0. The number of hydrogen-bond acceptors (Lipinski definition) is 3. The number of nitrogens with zero attached hydrogens (tertiary/aromatic N) is 1. The van der Waals surface area contributed by atoms with Crippen LogP contribution in [0.5, 0.6) is 0 Å². The predicted octanol–water partition coefficient (Wildman–Crippen LogP) is 2.94. The Labute approximate surface area is 124 Å². The first-order valence-electron chi connectivity index (χ1n) is 8.86. The van der Waals surface area contributed by atoms with E-state index in [-0.39, 0.29) is 0 Å². The van der Waals surface area contributed by atoms with Gasteiger partial charge in [0, 0.05) is 25.2 Å². The molecule has 0 aromatic heterocycles. The van der Waals surface area contributed by atoms with Crippen molar-refractivity contribution in [3.8, 4) is 0 Å². The van der Waals surface area contributed by atoms with Crippen LogP contribution in [0.1, 0.15) is 65.2 Å². The molecule has 3 fully saturated rings. The van der Waals surface area contributed by atoms with Crippen molar-refractivity contribution in [1.29, 1.82) is 0 Å². The molecule has 1 saturated carbocycles. The van der Waals surface area contributed by atoms with E-state index in [2.05, 4.69) is 24.1 Å². The van der Waals surface area contributed by atoms with Crippen LogP contribution in [-0.4, -0.2) is 48.3 Å². The number of nitrogens with one attached hydrogen (secondary N) is 1. The smallest absolute Gasteiger partial charge is 0.0710 e. The van der Waals surface area contributed by atoms with Crippen LogP contribution in [0.15, 0.2) is 0 Å². The third-order valence-electron chi connectivity index (χ3n) is 5.86. The minimum Gasteiger partial charge on any atom is -0.370 e. The molecular formula is C17H32N2O. The molecule has 3 atom stereocenters. The molecule has 3 heteroatoms. The van der Waals surface area contributed by atoms with Gasteiger partial charge < -0.3 is 10.1 Å². The van der Waals surface area contributed by atoms with Crippen LogP contribution in [0, 0.1) is 0 Å². The van der Waals surface area contributed by atoms with Gasteiger partial charge in [-0.05, 0) is 52.0 Å². The van der Waals surface area contributed by atoms with Gasteiger partial charge in [-0.1, -0.05) is 19.8 Å². The third kappa shape index (κ3) is 3.20. The highest BCUT2D eigenvalue weighted by Crippen LogP contribution is 2.43. The average Bonchev–Trinajstić information content (AvgIpc) is 3.02. The molecule has 3 nitrogen and oxygen atoms in total. The zero-order valence-electron chi connectivity index (χ0n) is 13.4. The largest absolute Gasteiger partial charge is 0.370 e. The molecule has 0 radical (unpaired) electrons. The van der Waals surface area contributed by atoms with Crippen LogP contribution in [0.25, 0.3) is 0 Å². The van der Waals surface area contributed by atoms with Crippen LogP contribution in [0.4, 0.5) is 0 Å². The lowest BCUT2D eigenvalue weighted by Crippen LogP contribution is -2.43. The van der Waals surface area contributed by atoms with Gasteiger partial charge in [-0.2, -0.15) is 0 Å². The molecule has 3 unspecified atom stereocenters. The first-order valence-corrected chi connectivity index (χ1v) is 8.86. The first-order chi connectivity index (χ1) is 9.71. The molecule has 0 aromatic carbocycles. The predicted molar refractivity (Wildman–Crippen MR) is 83.0 cm³/mol. The Hall–Kier alpha value is -0.120. The molecule has 1 N–H and O–H groups in total. The van der Waals surface area contributed by atoms with E-state index < -0.39 is 0 Å². The molecular weight excluding hydrogens is 248 g/mol. The highest BCUT2D eigenvalue weighted by molar-refractivity contribution is 4.94. The van der Waals surface area contributed by atoms with Gasteiger partial charge in [0.1, 0.15) is 0 Å². The van der Waals surface area contributed by atoms with Crippen molar-refractivity contribution in [2.45, 2.75) is 89.0 Å². The van der Waals surface area contributed by atoms with Crippen LogP contribution >= 0.6 is 0 Å². The number of hydrogen-bond donors (Lipinski definition) is 1. The maximum atomic E-state index is 6.51. The van der Waals surface area contributed by atoms with E-state index in [4.69, 9.17) is 4.74 Å². The van der Waals surface area contributed by atoms with E-state index in [0.717, 1.165) is 6.54 Å². The Bertz CT molecular complexity index is 314. The lowest BCUT2D eigenvalue weighted by molar-refractivity contribution is -0.0508. The maximum absolute atomic E-state index is 6.51. The van der Waals surface area contributed by atoms with Crippen LogP contribution in [0.2, 0.25) is 0 Å². The summed E-state index contributed by atoms with van der Waals surface area (Å²) in [6.45, 7) is 8.21. The Balaban J connectivity index is 1.56. The van der Waals surface area contributed by atoms with Crippen LogP contribution < -0.4 is 5.32 Å². The number of rotatable bonds is 3. The highest BCUT2D eigenvalue weighted by atomic mass is 16.5. The molecule has 0 amide bonds.